The molecule has 9 heteroatoms. The van der Waals surface area contributed by atoms with Crippen molar-refractivity contribution in [2.45, 2.75) is 24.5 Å². The van der Waals surface area contributed by atoms with Gasteiger partial charge in [-0.25, -0.2) is 0 Å². The van der Waals surface area contributed by atoms with Crippen molar-refractivity contribution in [3.63, 3.8) is 0 Å². The fraction of sp³-hybridized carbons (Fsp3) is 0.200. The Morgan fingerprint density at radius 3 is 2.55 bits per heavy atom. The maximum Gasteiger partial charge on any atom is 0.277 e. The van der Waals surface area contributed by atoms with E-state index >= 15 is 0 Å². The molecule has 0 aliphatic heterocycles. The van der Waals surface area contributed by atoms with E-state index in [0.29, 0.717) is 40.1 Å². The number of hydrogen-bond acceptors (Lipinski definition) is 9. The topological polar surface area (TPSA) is 96.3 Å². The van der Waals surface area contributed by atoms with Gasteiger partial charge in [-0.15, -0.1) is 20.4 Å². The summed E-state index contributed by atoms with van der Waals surface area (Å²) in [7, 11) is 1.59. The van der Waals surface area contributed by atoms with E-state index in [1.807, 2.05) is 55.5 Å². The number of aromatic nitrogens is 4. The molecule has 0 amide bonds. The summed E-state index contributed by atoms with van der Waals surface area (Å²) in [4.78, 5) is 0. The van der Waals surface area contributed by atoms with Crippen LogP contribution in [0.3, 0.4) is 0 Å². The lowest BCUT2D eigenvalue weighted by molar-refractivity contribution is 0.241. The van der Waals surface area contributed by atoms with Gasteiger partial charge < -0.3 is 18.3 Å². The molecule has 2 aromatic carbocycles. The van der Waals surface area contributed by atoms with Crippen molar-refractivity contribution in [2.75, 3.05) is 7.11 Å². The second-order valence-electron chi connectivity index (χ2n) is 6.06. The third-order valence-corrected chi connectivity index (χ3v) is 4.72. The SMILES string of the molecule is COc1ccccc1OCc1nnc(SCc2nnc(-c3cccc(C)c3)o2)o1. The first-order valence-corrected chi connectivity index (χ1v) is 9.80. The van der Waals surface area contributed by atoms with Gasteiger partial charge in [0.15, 0.2) is 18.1 Å². The lowest BCUT2D eigenvalue weighted by Gasteiger charge is -2.07. The van der Waals surface area contributed by atoms with E-state index in [4.69, 9.17) is 18.3 Å². The second kappa shape index (κ2) is 8.78. The summed E-state index contributed by atoms with van der Waals surface area (Å²) < 4.78 is 22.2. The molecule has 0 unspecified atom stereocenters. The van der Waals surface area contributed by atoms with Gasteiger partial charge in [0.1, 0.15) is 0 Å². The van der Waals surface area contributed by atoms with Gasteiger partial charge in [-0.05, 0) is 31.2 Å². The molecule has 148 valence electrons. The van der Waals surface area contributed by atoms with E-state index in [1.165, 1.54) is 11.8 Å². The monoisotopic (exact) mass is 410 g/mol. The van der Waals surface area contributed by atoms with Crippen LogP contribution in [0, 0.1) is 6.92 Å². The zero-order chi connectivity index (χ0) is 20.1. The summed E-state index contributed by atoms with van der Waals surface area (Å²) in [5.74, 6) is 3.01. The largest absolute Gasteiger partial charge is 0.493 e. The highest BCUT2D eigenvalue weighted by Crippen LogP contribution is 2.27. The molecule has 0 saturated carbocycles. The van der Waals surface area contributed by atoms with Gasteiger partial charge in [-0.3, -0.25) is 0 Å². The van der Waals surface area contributed by atoms with Gasteiger partial charge >= 0.3 is 0 Å². The fourth-order valence-corrected chi connectivity index (χ4v) is 3.18. The molecule has 29 heavy (non-hydrogen) atoms. The molecule has 0 bridgehead atoms. The number of thioether (sulfide) groups is 1. The first-order chi connectivity index (χ1) is 14.2. The summed E-state index contributed by atoms with van der Waals surface area (Å²) in [5.41, 5.74) is 2.02. The average molecular weight is 410 g/mol. The van der Waals surface area contributed by atoms with E-state index in [9.17, 15) is 0 Å². The van der Waals surface area contributed by atoms with Crippen LogP contribution in [0.2, 0.25) is 0 Å². The average Bonchev–Trinajstić information content (AvgIpc) is 3.40. The number of nitrogens with zero attached hydrogens (tertiary/aromatic N) is 4. The maximum atomic E-state index is 5.71. The Morgan fingerprint density at radius 1 is 0.897 bits per heavy atom. The molecule has 2 aromatic heterocycles. The number of rotatable bonds is 8. The standard InChI is InChI=1S/C20H18N4O4S/c1-13-6-5-7-14(10-13)19-23-22-18(27-19)12-29-20-24-21-17(28-20)11-26-16-9-4-3-8-15(16)25-2/h3-10H,11-12H2,1-2H3. The zero-order valence-electron chi connectivity index (χ0n) is 15.9. The Bertz CT molecular complexity index is 1100. The number of ether oxygens (including phenoxy) is 2. The first-order valence-electron chi connectivity index (χ1n) is 8.81. The van der Waals surface area contributed by atoms with Crippen LogP contribution < -0.4 is 9.47 Å². The lowest BCUT2D eigenvalue weighted by atomic mass is 10.1. The van der Waals surface area contributed by atoms with Crippen molar-refractivity contribution in [3.8, 4) is 23.0 Å². The van der Waals surface area contributed by atoms with Crippen molar-refractivity contribution >= 4 is 11.8 Å². The van der Waals surface area contributed by atoms with E-state index in [-0.39, 0.29) is 6.61 Å². The molecular formula is C20H18N4O4S. The molecule has 0 N–H and O–H groups in total. The Labute approximate surface area is 171 Å². The highest BCUT2D eigenvalue weighted by atomic mass is 32.2. The predicted molar refractivity (Wildman–Crippen MR) is 106 cm³/mol. The molecular weight excluding hydrogens is 392 g/mol. The molecule has 4 rings (SSSR count). The number of hydrogen-bond donors (Lipinski definition) is 0. The van der Waals surface area contributed by atoms with Gasteiger partial charge in [0.2, 0.25) is 11.8 Å². The summed E-state index contributed by atoms with van der Waals surface area (Å²) in [6.45, 7) is 2.16. The van der Waals surface area contributed by atoms with Gasteiger partial charge in [-0.2, -0.15) is 0 Å². The van der Waals surface area contributed by atoms with E-state index in [2.05, 4.69) is 20.4 Å². The minimum absolute atomic E-state index is 0.145. The molecule has 0 spiro atoms. The Kier molecular flexibility index (Phi) is 5.76. The van der Waals surface area contributed by atoms with Gasteiger partial charge in [-0.1, -0.05) is 41.6 Å². The molecule has 2 heterocycles. The molecule has 4 aromatic rings. The van der Waals surface area contributed by atoms with Crippen LogP contribution in [0.25, 0.3) is 11.5 Å². The molecule has 0 saturated heterocycles. The van der Waals surface area contributed by atoms with Crippen LogP contribution in [0.15, 0.2) is 62.6 Å². The van der Waals surface area contributed by atoms with Crippen LogP contribution in [0.1, 0.15) is 17.3 Å². The number of benzene rings is 2. The lowest BCUT2D eigenvalue weighted by Crippen LogP contribution is -1.97. The third-order valence-electron chi connectivity index (χ3n) is 3.92. The summed E-state index contributed by atoms with van der Waals surface area (Å²) >= 11 is 1.32. The van der Waals surface area contributed by atoms with Crippen molar-refractivity contribution in [2.24, 2.45) is 0 Å². The second-order valence-corrected chi connectivity index (χ2v) is 6.99. The van der Waals surface area contributed by atoms with Gasteiger partial charge in [0.25, 0.3) is 11.1 Å². The minimum Gasteiger partial charge on any atom is -0.493 e. The Balaban J connectivity index is 1.33. The van der Waals surface area contributed by atoms with Gasteiger partial charge in [0, 0.05) is 5.56 Å². The van der Waals surface area contributed by atoms with Crippen molar-refractivity contribution < 1.29 is 18.3 Å². The van der Waals surface area contributed by atoms with E-state index < -0.39 is 0 Å². The van der Waals surface area contributed by atoms with Crippen LogP contribution in [-0.2, 0) is 12.4 Å². The number of para-hydroxylation sites is 2. The minimum atomic E-state index is 0.145. The number of methoxy groups -OCH3 is 1. The molecule has 0 radical (unpaired) electrons. The molecule has 0 fully saturated rings. The van der Waals surface area contributed by atoms with Crippen molar-refractivity contribution in [1.29, 1.82) is 0 Å². The molecule has 0 atom stereocenters. The highest BCUT2D eigenvalue weighted by molar-refractivity contribution is 7.98. The van der Waals surface area contributed by atoms with Gasteiger partial charge in [0.05, 0.1) is 12.9 Å². The van der Waals surface area contributed by atoms with E-state index in [0.717, 1.165) is 11.1 Å². The maximum absolute atomic E-state index is 5.71. The molecule has 0 aliphatic carbocycles. The van der Waals surface area contributed by atoms with Crippen LogP contribution >= 0.6 is 11.8 Å². The summed E-state index contributed by atoms with van der Waals surface area (Å²) in [5, 5.41) is 16.6. The van der Waals surface area contributed by atoms with Crippen molar-refractivity contribution in [1.82, 2.24) is 20.4 Å². The predicted octanol–water partition coefficient (Wildman–Crippen LogP) is 4.31. The summed E-state index contributed by atoms with van der Waals surface area (Å²) in [6, 6.07) is 15.3. The van der Waals surface area contributed by atoms with Crippen LogP contribution in [0.4, 0.5) is 0 Å². The smallest absolute Gasteiger partial charge is 0.277 e. The Morgan fingerprint density at radius 2 is 1.72 bits per heavy atom. The van der Waals surface area contributed by atoms with Crippen LogP contribution in [-0.4, -0.2) is 27.5 Å². The van der Waals surface area contributed by atoms with Crippen LogP contribution in [0.5, 0.6) is 11.5 Å². The zero-order valence-corrected chi connectivity index (χ0v) is 16.7. The highest BCUT2D eigenvalue weighted by Gasteiger charge is 2.13. The first kappa shape index (κ1) is 19.0. The normalized spacial score (nSPS) is 10.8. The quantitative estimate of drug-likeness (QED) is 0.394. The summed E-state index contributed by atoms with van der Waals surface area (Å²) in [6.07, 6.45) is 0. The number of aryl methyl sites for hydroxylation is 1. The molecule has 0 aliphatic rings. The fourth-order valence-electron chi connectivity index (χ4n) is 2.56. The van der Waals surface area contributed by atoms with Crippen molar-refractivity contribution in [3.05, 3.63) is 65.9 Å². The Hall–Kier alpha value is -3.33. The van der Waals surface area contributed by atoms with E-state index in [1.54, 1.807) is 7.11 Å². The molecule has 8 nitrogen and oxygen atoms in total. The third kappa shape index (κ3) is 4.75.